The molecule has 0 radical (unpaired) electrons. The monoisotopic (exact) mass is 198 g/mol. The largest absolute Gasteiger partial charge is 1.00 e. The van der Waals surface area contributed by atoms with Crippen LogP contribution in [0.25, 0.3) is 0 Å². The van der Waals surface area contributed by atoms with Gasteiger partial charge < -0.3 is 6.53 Å². The second-order valence-corrected chi connectivity index (χ2v) is 2.91. The summed E-state index contributed by atoms with van der Waals surface area (Å²) in [5.41, 5.74) is 0. The van der Waals surface area contributed by atoms with E-state index >= 15 is 0 Å². The van der Waals surface area contributed by atoms with Gasteiger partial charge in [0.25, 0.3) is 0 Å². The normalized spacial score (nSPS) is 9.08. The summed E-state index contributed by atoms with van der Waals surface area (Å²) >= 11 is 0. The first-order chi connectivity index (χ1) is 5.27. The van der Waals surface area contributed by atoms with Crippen LogP contribution in [-0.4, -0.2) is 11.1 Å². The van der Waals surface area contributed by atoms with Crippen LogP contribution in [0.15, 0.2) is 0 Å². The first-order valence-electron chi connectivity index (χ1n) is 4.49. The van der Waals surface area contributed by atoms with E-state index in [1.807, 2.05) is 0 Å². The molecule has 0 aromatic carbocycles. The fourth-order valence-corrected chi connectivity index (χ4v) is 1.06. The summed E-state index contributed by atoms with van der Waals surface area (Å²) in [7, 11) is 0. The van der Waals surface area contributed by atoms with Crippen molar-refractivity contribution in [3.63, 3.8) is 0 Å². The maximum Gasteiger partial charge on any atom is 1.00 e. The van der Waals surface area contributed by atoms with Gasteiger partial charge in [0.2, 0.25) is 0 Å². The molecule has 0 aromatic heterocycles. The Hall–Kier alpha value is 1.11. The molecule has 0 aliphatic heterocycles. The molecule has 0 amide bonds. The van der Waals surface area contributed by atoms with Crippen molar-refractivity contribution in [1.29, 1.82) is 0 Å². The number of hydrogen-bond acceptors (Lipinski definition) is 1. The summed E-state index contributed by atoms with van der Waals surface area (Å²) in [6.07, 6.45) is 7.25. The van der Waals surface area contributed by atoms with E-state index in [1.165, 1.54) is 25.7 Å². The molecule has 0 heterocycles. The number of carbonyl (C=O) groups is 1. The van der Waals surface area contributed by atoms with Gasteiger partial charge in [0, 0.05) is 6.42 Å². The fourth-order valence-electron chi connectivity index (χ4n) is 1.06. The molecule has 0 atom stereocenters. The minimum Gasteiger partial charge on any atom is -1.00 e. The van der Waals surface area contributed by atoms with E-state index in [9.17, 15) is 4.79 Å². The number of carboxylic acids is 1. The third-order valence-electron chi connectivity index (χ3n) is 1.74. The Morgan fingerprint density at radius 3 is 2.17 bits per heavy atom. The van der Waals surface area contributed by atoms with E-state index in [0.29, 0.717) is 6.42 Å². The first-order valence-corrected chi connectivity index (χ1v) is 4.49. The second kappa shape index (κ2) is 12.1. The number of carboxylic acid groups (broad SMARTS) is 1. The standard InChI is InChI=1S/C9H18O2.K.H/c1-2-3-4-5-6-7-8-9(10)11;;/h2-8H2,1H3,(H,10,11);;/q;+1;-1. The van der Waals surface area contributed by atoms with Crippen LogP contribution in [0.2, 0.25) is 0 Å². The van der Waals surface area contributed by atoms with Crippen LogP contribution in [0.1, 0.15) is 53.3 Å². The molecule has 0 unspecified atom stereocenters. The second-order valence-electron chi connectivity index (χ2n) is 2.91. The van der Waals surface area contributed by atoms with Crippen LogP contribution >= 0.6 is 0 Å². The summed E-state index contributed by atoms with van der Waals surface area (Å²) in [6.45, 7) is 2.18. The molecule has 0 rings (SSSR count). The quantitative estimate of drug-likeness (QED) is 0.459. The van der Waals surface area contributed by atoms with Crippen LogP contribution in [0, 0.1) is 0 Å². The first kappa shape index (κ1) is 15.6. The molecule has 0 aliphatic carbocycles. The molecular weight excluding hydrogens is 179 g/mol. The summed E-state index contributed by atoms with van der Waals surface area (Å²) in [6, 6.07) is 0. The number of aliphatic carboxylic acids is 1. The number of rotatable bonds is 7. The molecule has 0 bridgehead atoms. The van der Waals surface area contributed by atoms with Crippen molar-refractivity contribution >= 4 is 5.97 Å². The summed E-state index contributed by atoms with van der Waals surface area (Å²) in [4.78, 5) is 10.1. The molecule has 0 aliphatic rings. The van der Waals surface area contributed by atoms with Crippen LogP contribution in [0.5, 0.6) is 0 Å². The molecule has 0 saturated heterocycles. The fraction of sp³-hybridized carbons (Fsp3) is 0.889. The van der Waals surface area contributed by atoms with Gasteiger partial charge in [-0.25, -0.2) is 0 Å². The van der Waals surface area contributed by atoms with Crippen LogP contribution in [0.4, 0.5) is 0 Å². The van der Waals surface area contributed by atoms with E-state index in [4.69, 9.17) is 5.11 Å². The van der Waals surface area contributed by atoms with Gasteiger partial charge >= 0.3 is 57.4 Å². The molecule has 3 heteroatoms. The predicted molar refractivity (Wildman–Crippen MR) is 46.7 cm³/mol. The Morgan fingerprint density at radius 1 is 1.17 bits per heavy atom. The van der Waals surface area contributed by atoms with E-state index in [-0.39, 0.29) is 52.8 Å². The Labute approximate surface area is 119 Å². The van der Waals surface area contributed by atoms with Gasteiger partial charge in [-0.05, 0) is 6.42 Å². The maximum absolute atomic E-state index is 10.1. The van der Waals surface area contributed by atoms with Crippen molar-refractivity contribution in [2.75, 3.05) is 0 Å². The Morgan fingerprint density at radius 2 is 1.67 bits per heavy atom. The van der Waals surface area contributed by atoms with Gasteiger partial charge in [-0.2, -0.15) is 0 Å². The van der Waals surface area contributed by atoms with Crippen LogP contribution in [0.3, 0.4) is 0 Å². The zero-order valence-electron chi connectivity index (χ0n) is 9.31. The summed E-state index contributed by atoms with van der Waals surface area (Å²) < 4.78 is 0. The van der Waals surface area contributed by atoms with E-state index in [0.717, 1.165) is 12.8 Å². The average molecular weight is 198 g/mol. The van der Waals surface area contributed by atoms with Crippen molar-refractivity contribution < 1.29 is 62.7 Å². The topological polar surface area (TPSA) is 37.3 Å². The molecule has 68 valence electrons. The van der Waals surface area contributed by atoms with Crippen LogP contribution in [-0.2, 0) is 4.79 Å². The van der Waals surface area contributed by atoms with Gasteiger partial charge in [0.05, 0.1) is 0 Å². The third-order valence-corrected chi connectivity index (χ3v) is 1.74. The summed E-state index contributed by atoms with van der Waals surface area (Å²) in [5, 5.41) is 8.32. The van der Waals surface area contributed by atoms with Crippen molar-refractivity contribution in [3.8, 4) is 0 Å². The van der Waals surface area contributed by atoms with E-state index in [2.05, 4.69) is 6.92 Å². The molecule has 0 spiro atoms. The zero-order valence-corrected chi connectivity index (χ0v) is 11.4. The zero-order chi connectivity index (χ0) is 8.53. The smallest absolute Gasteiger partial charge is 1.00 e. The van der Waals surface area contributed by atoms with Gasteiger partial charge in [-0.15, -0.1) is 0 Å². The van der Waals surface area contributed by atoms with Crippen molar-refractivity contribution in [2.45, 2.75) is 51.9 Å². The predicted octanol–water partition coefficient (Wildman–Crippen LogP) is -0.0619. The van der Waals surface area contributed by atoms with E-state index in [1.54, 1.807) is 0 Å². The summed E-state index contributed by atoms with van der Waals surface area (Å²) in [5.74, 6) is -0.666. The maximum atomic E-state index is 10.1. The molecular formula is C9H19KO2. The molecule has 2 nitrogen and oxygen atoms in total. The molecule has 0 fully saturated rings. The van der Waals surface area contributed by atoms with Crippen molar-refractivity contribution in [2.24, 2.45) is 0 Å². The van der Waals surface area contributed by atoms with Gasteiger partial charge in [0.15, 0.2) is 0 Å². The minimum absolute atomic E-state index is 0. The minimum atomic E-state index is -0.666. The Balaban J connectivity index is -0.000000500. The van der Waals surface area contributed by atoms with Gasteiger partial charge in [0.1, 0.15) is 0 Å². The molecule has 12 heavy (non-hydrogen) atoms. The van der Waals surface area contributed by atoms with Gasteiger partial charge in [-0.1, -0.05) is 39.0 Å². The Kier molecular flexibility index (Phi) is 15.7. The van der Waals surface area contributed by atoms with Crippen molar-refractivity contribution in [3.05, 3.63) is 0 Å². The number of hydrogen-bond donors (Lipinski definition) is 1. The van der Waals surface area contributed by atoms with Gasteiger partial charge in [-0.3, -0.25) is 4.79 Å². The average Bonchev–Trinajstić information content (AvgIpc) is 1.96. The molecule has 0 aromatic rings. The van der Waals surface area contributed by atoms with Crippen LogP contribution < -0.4 is 51.4 Å². The number of unbranched alkanes of at least 4 members (excludes halogenated alkanes) is 5. The SMILES string of the molecule is CCCCCCCCC(=O)O.[H-].[K+]. The van der Waals surface area contributed by atoms with E-state index < -0.39 is 5.97 Å². The molecule has 1 N–H and O–H groups in total. The third kappa shape index (κ3) is 13.7. The van der Waals surface area contributed by atoms with Crippen molar-refractivity contribution in [1.82, 2.24) is 0 Å². The Bertz CT molecular complexity index is 110. The molecule has 0 saturated carbocycles.